The van der Waals surface area contributed by atoms with Gasteiger partial charge in [-0.25, -0.2) is 0 Å². The van der Waals surface area contributed by atoms with Crippen LogP contribution in [0.2, 0.25) is 0 Å². The Morgan fingerprint density at radius 3 is 3.13 bits per heavy atom. The van der Waals surface area contributed by atoms with E-state index in [4.69, 9.17) is 0 Å². The molecule has 3 heteroatoms. The van der Waals surface area contributed by atoms with Gasteiger partial charge >= 0.3 is 0 Å². The van der Waals surface area contributed by atoms with E-state index in [1.54, 1.807) is 0 Å². The van der Waals surface area contributed by atoms with E-state index < -0.39 is 0 Å². The summed E-state index contributed by atoms with van der Waals surface area (Å²) in [5.74, 6) is 0. The van der Waals surface area contributed by atoms with Gasteiger partial charge in [0, 0.05) is 31.5 Å². The molecule has 0 aromatic carbocycles. The molecule has 2 rings (SSSR count). The van der Waals surface area contributed by atoms with Crippen LogP contribution in [0.3, 0.4) is 0 Å². The maximum Gasteiger partial charge on any atom is 0.0312 e. The largest absolute Gasteiger partial charge is 0.315 e. The van der Waals surface area contributed by atoms with Crippen LogP contribution < -0.4 is 5.32 Å². The molecule has 0 bridgehead atoms. The van der Waals surface area contributed by atoms with Crippen LogP contribution in [0.15, 0.2) is 24.5 Å². The molecule has 0 saturated carbocycles. The van der Waals surface area contributed by atoms with Gasteiger partial charge < -0.3 is 5.32 Å². The summed E-state index contributed by atoms with van der Waals surface area (Å²) in [4.78, 5) is 6.68. The van der Waals surface area contributed by atoms with Crippen molar-refractivity contribution in [2.75, 3.05) is 19.6 Å². The molecule has 0 aliphatic carbocycles. The Bertz CT molecular complexity index is 280. The number of rotatable bonds is 4. The number of pyridine rings is 1. The molecule has 0 radical (unpaired) electrons. The first-order valence-corrected chi connectivity index (χ1v) is 5.74. The monoisotopic (exact) mass is 205 g/mol. The van der Waals surface area contributed by atoms with E-state index in [0.717, 1.165) is 26.2 Å². The minimum Gasteiger partial charge on any atom is -0.315 e. The summed E-state index contributed by atoms with van der Waals surface area (Å²) >= 11 is 0. The molecule has 1 N–H and O–H groups in total. The van der Waals surface area contributed by atoms with Gasteiger partial charge in [0.25, 0.3) is 0 Å². The molecule has 0 amide bonds. The van der Waals surface area contributed by atoms with Gasteiger partial charge in [-0.15, -0.1) is 0 Å². The van der Waals surface area contributed by atoms with Crippen LogP contribution in [0, 0.1) is 0 Å². The summed E-state index contributed by atoms with van der Waals surface area (Å²) in [6, 6.07) is 4.86. The summed E-state index contributed by atoms with van der Waals surface area (Å²) in [6.45, 7) is 6.66. The first kappa shape index (κ1) is 10.6. The summed E-state index contributed by atoms with van der Waals surface area (Å²) < 4.78 is 0. The Hall–Kier alpha value is -0.930. The number of nitrogens with zero attached hydrogens (tertiary/aromatic N) is 2. The molecule has 1 fully saturated rings. The highest BCUT2D eigenvalue weighted by atomic mass is 15.2. The topological polar surface area (TPSA) is 28.2 Å². The van der Waals surface area contributed by atoms with Crippen molar-refractivity contribution in [3.8, 4) is 0 Å². The molecule has 1 aromatic rings. The van der Waals surface area contributed by atoms with Crippen molar-refractivity contribution >= 4 is 0 Å². The summed E-state index contributed by atoms with van der Waals surface area (Å²) in [5.41, 5.74) is 1.31. The highest BCUT2D eigenvalue weighted by molar-refractivity contribution is 5.08. The zero-order chi connectivity index (χ0) is 10.5. The van der Waals surface area contributed by atoms with Crippen molar-refractivity contribution in [1.29, 1.82) is 0 Å². The van der Waals surface area contributed by atoms with Crippen LogP contribution in [0.25, 0.3) is 0 Å². The van der Waals surface area contributed by atoms with Gasteiger partial charge in [0.15, 0.2) is 0 Å². The minimum absolute atomic E-state index is 0.704. The van der Waals surface area contributed by atoms with Gasteiger partial charge in [-0.2, -0.15) is 0 Å². The quantitative estimate of drug-likeness (QED) is 0.802. The number of hydrogen-bond acceptors (Lipinski definition) is 3. The third-order valence-corrected chi connectivity index (χ3v) is 3.07. The Balaban J connectivity index is 1.96. The lowest BCUT2D eigenvalue weighted by Gasteiger charge is -2.26. The molecule has 1 saturated heterocycles. The fourth-order valence-corrected chi connectivity index (χ4v) is 2.18. The molecule has 3 nitrogen and oxygen atoms in total. The van der Waals surface area contributed by atoms with Crippen molar-refractivity contribution in [2.24, 2.45) is 0 Å². The van der Waals surface area contributed by atoms with Gasteiger partial charge in [0.2, 0.25) is 0 Å². The first-order chi connectivity index (χ1) is 7.40. The summed E-state index contributed by atoms with van der Waals surface area (Å²) in [5, 5.41) is 3.42. The van der Waals surface area contributed by atoms with Crippen molar-refractivity contribution in [2.45, 2.75) is 25.9 Å². The van der Waals surface area contributed by atoms with Gasteiger partial charge in [-0.1, -0.05) is 13.0 Å². The molecule has 2 heterocycles. The van der Waals surface area contributed by atoms with E-state index in [1.807, 2.05) is 18.5 Å². The molecule has 82 valence electrons. The average Bonchev–Trinajstić information content (AvgIpc) is 2.81. The minimum atomic E-state index is 0.704. The molecular formula is C12H19N3. The zero-order valence-corrected chi connectivity index (χ0v) is 9.32. The lowest BCUT2D eigenvalue weighted by molar-refractivity contribution is 0.210. The van der Waals surface area contributed by atoms with E-state index in [1.165, 1.54) is 12.0 Å². The number of hydrogen-bond donors (Lipinski definition) is 1. The van der Waals surface area contributed by atoms with Crippen LogP contribution in [0.5, 0.6) is 0 Å². The molecule has 1 unspecified atom stereocenters. The van der Waals surface area contributed by atoms with Crippen molar-refractivity contribution in [3.05, 3.63) is 30.1 Å². The predicted molar refractivity (Wildman–Crippen MR) is 61.6 cm³/mol. The van der Waals surface area contributed by atoms with Gasteiger partial charge in [-0.05, 0) is 31.1 Å². The Morgan fingerprint density at radius 2 is 2.53 bits per heavy atom. The van der Waals surface area contributed by atoms with E-state index in [-0.39, 0.29) is 0 Å². The standard InChI is InChI=1S/C12H19N3/c1-2-15(12-5-7-14-9-12)10-11-4-3-6-13-8-11/h3-4,6,8,12,14H,2,5,7,9-10H2,1H3. The highest BCUT2D eigenvalue weighted by Gasteiger charge is 2.20. The normalized spacial score (nSPS) is 21.1. The van der Waals surface area contributed by atoms with Crippen molar-refractivity contribution < 1.29 is 0 Å². The van der Waals surface area contributed by atoms with Gasteiger partial charge in [0.05, 0.1) is 0 Å². The third kappa shape index (κ3) is 2.76. The van der Waals surface area contributed by atoms with E-state index >= 15 is 0 Å². The van der Waals surface area contributed by atoms with Crippen molar-refractivity contribution in [1.82, 2.24) is 15.2 Å². The smallest absolute Gasteiger partial charge is 0.0312 e. The average molecular weight is 205 g/mol. The molecule has 1 aromatic heterocycles. The Morgan fingerprint density at radius 1 is 1.60 bits per heavy atom. The predicted octanol–water partition coefficient (Wildman–Crippen LogP) is 1.27. The summed E-state index contributed by atoms with van der Waals surface area (Å²) in [6.07, 6.45) is 5.07. The highest BCUT2D eigenvalue weighted by Crippen LogP contribution is 2.12. The molecule has 0 spiro atoms. The fourth-order valence-electron chi connectivity index (χ4n) is 2.18. The van der Waals surface area contributed by atoms with E-state index in [0.29, 0.717) is 6.04 Å². The maximum absolute atomic E-state index is 4.16. The zero-order valence-electron chi connectivity index (χ0n) is 9.32. The Kier molecular flexibility index (Phi) is 3.69. The number of nitrogens with one attached hydrogen (secondary N) is 1. The van der Waals surface area contributed by atoms with Crippen LogP contribution in [-0.4, -0.2) is 35.6 Å². The second kappa shape index (κ2) is 5.24. The SMILES string of the molecule is CCN(Cc1cccnc1)C1CCNC1. The van der Waals surface area contributed by atoms with Crippen LogP contribution in [0.4, 0.5) is 0 Å². The van der Waals surface area contributed by atoms with Gasteiger partial charge in [-0.3, -0.25) is 9.88 Å². The van der Waals surface area contributed by atoms with Crippen molar-refractivity contribution in [3.63, 3.8) is 0 Å². The van der Waals surface area contributed by atoms with Crippen LogP contribution >= 0.6 is 0 Å². The van der Waals surface area contributed by atoms with Crippen LogP contribution in [-0.2, 0) is 6.54 Å². The number of likely N-dealkylation sites (N-methyl/N-ethyl adjacent to an activating group) is 1. The molecule has 15 heavy (non-hydrogen) atoms. The molecule has 1 aliphatic heterocycles. The second-order valence-corrected chi connectivity index (χ2v) is 4.07. The van der Waals surface area contributed by atoms with E-state index in [9.17, 15) is 0 Å². The Labute approximate surface area is 91.5 Å². The first-order valence-electron chi connectivity index (χ1n) is 5.74. The maximum atomic E-state index is 4.16. The summed E-state index contributed by atoms with van der Waals surface area (Å²) in [7, 11) is 0. The molecular weight excluding hydrogens is 186 g/mol. The fraction of sp³-hybridized carbons (Fsp3) is 0.583. The van der Waals surface area contributed by atoms with E-state index in [2.05, 4.69) is 28.2 Å². The second-order valence-electron chi connectivity index (χ2n) is 4.07. The van der Waals surface area contributed by atoms with Crippen LogP contribution in [0.1, 0.15) is 18.9 Å². The van der Waals surface area contributed by atoms with Gasteiger partial charge in [0.1, 0.15) is 0 Å². The lowest BCUT2D eigenvalue weighted by Crippen LogP contribution is -2.36. The molecule has 1 aliphatic rings. The number of aromatic nitrogens is 1. The third-order valence-electron chi connectivity index (χ3n) is 3.07. The lowest BCUT2D eigenvalue weighted by atomic mass is 10.2. The molecule has 1 atom stereocenters.